The van der Waals surface area contributed by atoms with Gasteiger partial charge >= 0.3 is 0 Å². The fraction of sp³-hybridized carbons (Fsp3) is 0.632. The molecule has 8 heteroatoms. The summed E-state index contributed by atoms with van der Waals surface area (Å²) in [6.45, 7) is 8.93. The molecule has 1 saturated heterocycles. The highest BCUT2D eigenvalue weighted by molar-refractivity contribution is 5.95. The Bertz CT molecular complexity index is 585. The Kier molecular flexibility index (Phi) is 11.0. The smallest absolute Gasteiger partial charge is 0.268 e. The Morgan fingerprint density at radius 2 is 2.00 bits per heavy atom. The number of hydrogen-bond donors (Lipinski definition) is 1. The number of carbonyl (C=O) groups is 2. The maximum atomic E-state index is 13.3. The summed E-state index contributed by atoms with van der Waals surface area (Å²) < 4.78 is 26.7. The molecule has 1 atom stereocenters. The van der Waals surface area contributed by atoms with E-state index in [1.807, 2.05) is 0 Å². The zero-order valence-corrected chi connectivity index (χ0v) is 16.6. The van der Waals surface area contributed by atoms with Crippen LogP contribution in [0.15, 0.2) is 24.4 Å². The molecule has 1 rings (SSSR count). The third-order valence-electron chi connectivity index (χ3n) is 3.75. The zero-order valence-electron chi connectivity index (χ0n) is 16.6. The Morgan fingerprint density at radius 1 is 1.41 bits per heavy atom. The largest absolute Gasteiger partial charge is 0.377 e. The summed E-state index contributed by atoms with van der Waals surface area (Å²) >= 11 is 0. The quantitative estimate of drug-likeness (QED) is 0.685. The van der Waals surface area contributed by atoms with E-state index in [0.29, 0.717) is 18.5 Å². The number of halogens is 2. The van der Waals surface area contributed by atoms with Gasteiger partial charge in [-0.2, -0.15) is 5.26 Å². The Balaban J connectivity index is 0.00000210. The second-order valence-electron chi connectivity index (χ2n) is 6.32. The van der Waals surface area contributed by atoms with Gasteiger partial charge in [-0.15, -0.1) is 0 Å². The number of hydrogen-bond acceptors (Lipinski definition) is 4. The Labute approximate surface area is 160 Å². The number of amides is 2. The summed E-state index contributed by atoms with van der Waals surface area (Å²) in [5.74, 6) is -4.18. The lowest BCUT2D eigenvalue weighted by Crippen LogP contribution is -2.43. The fourth-order valence-corrected chi connectivity index (χ4v) is 2.29. The minimum Gasteiger partial charge on any atom is -0.377 e. The van der Waals surface area contributed by atoms with E-state index in [1.165, 1.54) is 6.42 Å². The maximum absolute atomic E-state index is 13.3. The van der Waals surface area contributed by atoms with Gasteiger partial charge in [-0.3, -0.25) is 9.59 Å². The lowest BCUT2D eigenvalue weighted by atomic mass is 10.1. The highest BCUT2D eigenvalue weighted by Crippen LogP contribution is 2.31. The lowest BCUT2D eigenvalue weighted by Gasteiger charge is -2.19. The van der Waals surface area contributed by atoms with Gasteiger partial charge in [0.2, 0.25) is 11.8 Å². The minimum atomic E-state index is -3.07. The van der Waals surface area contributed by atoms with Crippen molar-refractivity contribution in [2.45, 2.75) is 52.0 Å². The number of likely N-dealkylation sites (N-methyl/N-ethyl adjacent to an activating group) is 1. The molecule has 1 aliphatic heterocycles. The molecule has 1 aliphatic rings. The van der Waals surface area contributed by atoms with Crippen LogP contribution in [0, 0.1) is 11.3 Å². The number of rotatable bonds is 7. The van der Waals surface area contributed by atoms with Crippen LogP contribution < -0.4 is 5.32 Å². The third-order valence-corrected chi connectivity index (χ3v) is 3.75. The first-order valence-corrected chi connectivity index (χ1v) is 9.02. The van der Waals surface area contributed by atoms with Gasteiger partial charge in [0.1, 0.15) is 6.04 Å². The van der Waals surface area contributed by atoms with Crippen molar-refractivity contribution < 1.29 is 18.4 Å². The highest BCUT2D eigenvalue weighted by atomic mass is 19.3. The predicted octanol–water partition coefficient (Wildman–Crippen LogP) is 2.69. The van der Waals surface area contributed by atoms with E-state index < -0.39 is 43.3 Å². The SMILES string of the molecule is C=CN(C)C/C=C(\CC)C(=O)NCC(=O)N1CC(F)(F)CC1C#N.CCC. The van der Waals surface area contributed by atoms with Gasteiger partial charge in [0, 0.05) is 25.6 Å². The average Bonchev–Trinajstić information content (AvgIpc) is 2.95. The van der Waals surface area contributed by atoms with Crippen molar-refractivity contribution in [3.63, 3.8) is 0 Å². The molecule has 27 heavy (non-hydrogen) atoms. The van der Waals surface area contributed by atoms with Gasteiger partial charge in [-0.25, -0.2) is 8.78 Å². The molecular formula is C19H30F2N4O2. The molecule has 0 aromatic rings. The van der Waals surface area contributed by atoms with Crippen molar-refractivity contribution in [1.29, 1.82) is 5.26 Å². The maximum Gasteiger partial charge on any atom is 0.268 e. The van der Waals surface area contributed by atoms with Gasteiger partial charge in [0.15, 0.2) is 0 Å². The predicted molar refractivity (Wildman–Crippen MR) is 101 cm³/mol. The van der Waals surface area contributed by atoms with E-state index in [-0.39, 0.29) is 0 Å². The monoisotopic (exact) mass is 384 g/mol. The van der Waals surface area contributed by atoms with Crippen molar-refractivity contribution in [2.24, 2.45) is 0 Å². The summed E-state index contributed by atoms with van der Waals surface area (Å²) in [4.78, 5) is 26.7. The summed E-state index contributed by atoms with van der Waals surface area (Å²) in [5.41, 5.74) is 0.486. The van der Waals surface area contributed by atoms with Crippen molar-refractivity contribution in [1.82, 2.24) is 15.1 Å². The average molecular weight is 384 g/mol. The number of alkyl halides is 2. The molecule has 0 aromatic carbocycles. The molecule has 0 aliphatic carbocycles. The molecule has 0 aromatic heterocycles. The highest BCUT2D eigenvalue weighted by Gasteiger charge is 2.47. The number of carbonyl (C=O) groups excluding carboxylic acids is 2. The molecular weight excluding hydrogens is 354 g/mol. The standard InChI is InChI=1S/C16H22F2N4O2.C3H8/c1-4-12(6-7-21(3)5-2)15(24)20-10-14(23)22-11-16(17,18)8-13(22)9-19;1-3-2/h5-6,13H,2,4,7-8,10-11H2,1,3H3,(H,20,24);3H2,1-2H3/b12-6+;. The molecule has 0 radical (unpaired) electrons. The van der Waals surface area contributed by atoms with E-state index in [1.54, 1.807) is 37.2 Å². The fourth-order valence-electron chi connectivity index (χ4n) is 2.29. The van der Waals surface area contributed by atoms with Gasteiger partial charge in [0.05, 0.1) is 19.2 Å². The van der Waals surface area contributed by atoms with Crippen LogP contribution in [-0.2, 0) is 9.59 Å². The number of nitrogens with one attached hydrogen (secondary N) is 1. The normalized spacial score (nSPS) is 18.0. The van der Waals surface area contributed by atoms with Crippen molar-refractivity contribution in [2.75, 3.05) is 26.7 Å². The van der Waals surface area contributed by atoms with Crippen LogP contribution in [0.2, 0.25) is 0 Å². The molecule has 0 spiro atoms. The molecule has 1 unspecified atom stereocenters. The second kappa shape index (κ2) is 12.0. The summed E-state index contributed by atoms with van der Waals surface area (Å²) in [6.07, 6.45) is 4.37. The first kappa shape index (κ1) is 24.6. The van der Waals surface area contributed by atoms with Crippen LogP contribution in [0.5, 0.6) is 0 Å². The van der Waals surface area contributed by atoms with Crippen LogP contribution in [0.25, 0.3) is 0 Å². The molecule has 1 N–H and O–H groups in total. The molecule has 1 heterocycles. The van der Waals surface area contributed by atoms with Gasteiger partial charge in [0.25, 0.3) is 5.92 Å². The Hall–Kier alpha value is -2.43. The van der Waals surface area contributed by atoms with E-state index in [0.717, 1.165) is 4.90 Å². The van der Waals surface area contributed by atoms with Crippen LogP contribution in [0.3, 0.4) is 0 Å². The van der Waals surface area contributed by atoms with Crippen LogP contribution >= 0.6 is 0 Å². The van der Waals surface area contributed by atoms with Crippen molar-refractivity contribution >= 4 is 11.8 Å². The van der Waals surface area contributed by atoms with Gasteiger partial charge in [-0.1, -0.05) is 39.8 Å². The molecule has 152 valence electrons. The van der Waals surface area contributed by atoms with Crippen LogP contribution in [-0.4, -0.2) is 60.3 Å². The number of nitriles is 1. The first-order valence-electron chi connectivity index (χ1n) is 9.02. The molecule has 6 nitrogen and oxygen atoms in total. The first-order chi connectivity index (χ1) is 12.6. The third kappa shape index (κ3) is 8.67. The van der Waals surface area contributed by atoms with E-state index in [9.17, 15) is 18.4 Å². The number of nitrogens with zero attached hydrogens (tertiary/aromatic N) is 3. The number of likely N-dealkylation sites (tertiary alicyclic amines) is 1. The van der Waals surface area contributed by atoms with E-state index in [4.69, 9.17) is 5.26 Å². The van der Waals surface area contributed by atoms with E-state index in [2.05, 4.69) is 25.7 Å². The Morgan fingerprint density at radius 3 is 2.48 bits per heavy atom. The van der Waals surface area contributed by atoms with Crippen molar-refractivity contribution in [3.8, 4) is 6.07 Å². The van der Waals surface area contributed by atoms with Crippen molar-refractivity contribution in [3.05, 3.63) is 24.4 Å². The topological polar surface area (TPSA) is 76.4 Å². The van der Waals surface area contributed by atoms with Gasteiger partial charge in [-0.05, 0) is 12.6 Å². The summed E-state index contributed by atoms with van der Waals surface area (Å²) in [7, 11) is 1.80. The molecule has 1 fully saturated rings. The molecule has 2 amide bonds. The second-order valence-corrected chi connectivity index (χ2v) is 6.32. The van der Waals surface area contributed by atoms with Crippen LogP contribution in [0.4, 0.5) is 8.78 Å². The summed E-state index contributed by atoms with van der Waals surface area (Å²) in [6, 6.07) is 0.537. The summed E-state index contributed by atoms with van der Waals surface area (Å²) in [5, 5.41) is 11.3. The minimum absolute atomic E-state index is 0.415. The molecule has 0 saturated carbocycles. The lowest BCUT2D eigenvalue weighted by molar-refractivity contribution is -0.133. The van der Waals surface area contributed by atoms with Crippen LogP contribution in [0.1, 0.15) is 40.0 Å². The van der Waals surface area contributed by atoms with E-state index >= 15 is 0 Å². The van der Waals surface area contributed by atoms with Gasteiger partial charge < -0.3 is 15.1 Å². The zero-order chi connectivity index (χ0) is 21.0. The molecule has 0 bridgehead atoms.